The zero-order valence-electron chi connectivity index (χ0n) is 23.2. The van der Waals surface area contributed by atoms with E-state index in [0.29, 0.717) is 25.2 Å². The molecule has 38 heavy (non-hydrogen) atoms. The minimum absolute atomic E-state index is 0.140. The molecule has 0 bridgehead atoms. The maximum atomic E-state index is 13.5. The Morgan fingerprint density at radius 1 is 0.895 bits per heavy atom. The molecule has 1 aromatic rings. The molecular weight excluding hydrogens is 510 g/mol. The third-order valence-corrected chi connectivity index (χ3v) is 7.24. The third-order valence-electron chi connectivity index (χ3n) is 7.24. The Balaban J connectivity index is 2.03. The minimum Gasteiger partial charge on any atom is -0.493 e. The smallest absolute Gasteiger partial charge is 0.430 e. The summed E-state index contributed by atoms with van der Waals surface area (Å²) >= 11 is 0. The zero-order valence-corrected chi connectivity index (χ0v) is 23.2. The largest absolute Gasteiger partial charge is 0.493 e. The summed E-state index contributed by atoms with van der Waals surface area (Å²) in [6.45, 7) is 10.3. The molecule has 0 amide bonds. The fraction of sp³-hybridized carbons (Fsp3) is 0.750. The molecule has 10 heteroatoms. The zero-order chi connectivity index (χ0) is 28.8. The molecular formula is C28H43F6N2O2+. The highest BCUT2D eigenvalue weighted by Crippen LogP contribution is 2.51. The Hall–Kier alpha value is -1.97. The molecule has 1 aromatic carbocycles. The van der Waals surface area contributed by atoms with Gasteiger partial charge in [-0.15, -0.1) is 0 Å². The van der Waals surface area contributed by atoms with Crippen LogP contribution < -0.4 is 4.74 Å². The van der Waals surface area contributed by atoms with Crippen molar-refractivity contribution in [3.05, 3.63) is 28.8 Å². The summed E-state index contributed by atoms with van der Waals surface area (Å²) < 4.78 is 89.5. The second-order valence-corrected chi connectivity index (χ2v) is 11.0. The molecule has 0 atom stereocenters. The van der Waals surface area contributed by atoms with Crippen LogP contribution >= 0.6 is 0 Å². The lowest BCUT2D eigenvalue weighted by Crippen LogP contribution is -2.54. The Morgan fingerprint density at radius 2 is 1.39 bits per heavy atom. The number of aliphatic hydroxyl groups is 1. The molecule has 4 nitrogen and oxygen atoms in total. The van der Waals surface area contributed by atoms with Crippen LogP contribution in [-0.4, -0.2) is 65.6 Å². The number of hydrogen-bond acceptors (Lipinski definition) is 3. The third kappa shape index (κ3) is 7.57. The average molecular weight is 554 g/mol. The SMILES string of the molecule is CCCc1cc(C(O)(C(F)(F)F)C(F)(F)F)cc(CCC)c1OCCCCCCC[N+]1=CN(C)C(C)(C)C1. The van der Waals surface area contributed by atoms with E-state index in [9.17, 15) is 31.4 Å². The molecule has 0 unspecified atom stereocenters. The second kappa shape index (κ2) is 12.9. The summed E-state index contributed by atoms with van der Waals surface area (Å²) in [7, 11) is 2.08. The first-order chi connectivity index (χ1) is 17.6. The van der Waals surface area contributed by atoms with Gasteiger partial charge in [-0.3, -0.25) is 9.48 Å². The standard InChI is InChI=1S/C28H43F6N2O2/c1-6-13-21-17-23(26(37,27(29,30)31)28(32,33)34)18-22(14-7-2)24(21)38-16-12-10-8-9-11-15-36-19-25(3,4)35(5)20-36/h17-18,20,37H,6-16,19H2,1-5H3/q+1. The van der Waals surface area contributed by atoms with E-state index in [1.54, 1.807) is 13.8 Å². The molecule has 1 heterocycles. The molecule has 0 aliphatic carbocycles. The molecule has 0 fully saturated rings. The van der Waals surface area contributed by atoms with Gasteiger partial charge >= 0.3 is 12.4 Å². The van der Waals surface area contributed by atoms with Gasteiger partial charge in [0, 0.05) is 5.56 Å². The van der Waals surface area contributed by atoms with Crippen molar-refractivity contribution in [1.29, 1.82) is 0 Å². The number of ether oxygens (including phenoxy) is 1. The van der Waals surface area contributed by atoms with Crippen molar-refractivity contribution < 1.29 is 40.8 Å². The molecule has 218 valence electrons. The van der Waals surface area contributed by atoms with Crippen molar-refractivity contribution in [2.24, 2.45) is 0 Å². The van der Waals surface area contributed by atoms with Crippen molar-refractivity contribution in [3.63, 3.8) is 0 Å². The summed E-state index contributed by atoms with van der Waals surface area (Å²) in [4.78, 5) is 2.23. The number of alkyl halides is 6. The highest BCUT2D eigenvalue weighted by molar-refractivity contribution is 5.52. The van der Waals surface area contributed by atoms with Gasteiger partial charge in [-0.1, -0.05) is 39.5 Å². The highest BCUT2D eigenvalue weighted by atomic mass is 19.4. The normalized spacial score (nSPS) is 16.2. The number of nitrogens with zero attached hydrogens (tertiary/aromatic N) is 2. The van der Waals surface area contributed by atoms with Gasteiger partial charge in [0.1, 0.15) is 17.8 Å². The van der Waals surface area contributed by atoms with Crippen LogP contribution in [0.2, 0.25) is 0 Å². The van der Waals surface area contributed by atoms with E-state index < -0.39 is 23.5 Å². The summed E-state index contributed by atoms with van der Waals surface area (Å²) in [6, 6.07) is 1.63. The lowest BCUT2D eigenvalue weighted by atomic mass is 9.87. The molecule has 1 aliphatic rings. The molecule has 0 saturated heterocycles. The fourth-order valence-corrected chi connectivity index (χ4v) is 4.86. The van der Waals surface area contributed by atoms with Gasteiger partial charge in [0.15, 0.2) is 0 Å². The number of benzene rings is 1. The van der Waals surface area contributed by atoms with Crippen LogP contribution in [-0.2, 0) is 18.4 Å². The van der Waals surface area contributed by atoms with Gasteiger partial charge in [0.2, 0.25) is 6.34 Å². The first-order valence-electron chi connectivity index (χ1n) is 13.5. The molecule has 0 spiro atoms. The lowest BCUT2D eigenvalue weighted by molar-refractivity contribution is -0.521. The van der Waals surface area contributed by atoms with E-state index in [1.165, 1.54) is 0 Å². The number of likely N-dealkylation sites (N-methyl/N-ethyl adjacent to an activating group) is 1. The van der Waals surface area contributed by atoms with Gasteiger partial charge in [-0.2, -0.15) is 26.3 Å². The second-order valence-electron chi connectivity index (χ2n) is 11.0. The molecule has 1 aliphatic heterocycles. The Labute approximate surface area is 222 Å². The van der Waals surface area contributed by atoms with Crippen molar-refractivity contribution in [2.45, 2.75) is 109 Å². The minimum atomic E-state index is -5.92. The van der Waals surface area contributed by atoms with Crippen LogP contribution in [0.1, 0.15) is 89.3 Å². The molecule has 0 radical (unpaired) electrons. The van der Waals surface area contributed by atoms with E-state index >= 15 is 0 Å². The fourth-order valence-electron chi connectivity index (χ4n) is 4.86. The quantitative estimate of drug-likeness (QED) is 0.153. The summed E-state index contributed by atoms with van der Waals surface area (Å²) in [5.74, 6) is 0.348. The van der Waals surface area contributed by atoms with E-state index in [0.717, 1.165) is 57.3 Å². The van der Waals surface area contributed by atoms with E-state index in [-0.39, 0.29) is 29.5 Å². The predicted molar refractivity (Wildman–Crippen MR) is 137 cm³/mol. The lowest BCUT2D eigenvalue weighted by Gasteiger charge is -2.33. The monoisotopic (exact) mass is 553 g/mol. The predicted octanol–water partition coefficient (Wildman–Crippen LogP) is 7.00. The highest BCUT2D eigenvalue weighted by Gasteiger charge is 2.71. The van der Waals surface area contributed by atoms with Crippen molar-refractivity contribution in [2.75, 3.05) is 26.7 Å². The van der Waals surface area contributed by atoms with E-state index in [1.807, 2.05) is 0 Å². The number of rotatable bonds is 14. The van der Waals surface area contributed by atoms with Gasteiger partial charge in [-0.25, -0.2) is 0 Å². The van der Waals surface area contributed by atoms with Crippen LogP contribution in [0.3, 0.4) is 0 Å². The van der Waals surface area contributed by atoms with Crippen LogP contribution in [0.4, 0.5) is 26.3 Å². The topological polar surface area (TPSA) is 35.7 Å². The van der Waals surface area contributed by atoms with Gasteiger partial charge < -0.3 is 9.84 Å². The molecule has 2 rings (SSSR count). The maximum absolute atomic E-state index is 13.5. The van der Waals surface area contributed by atoms with Crippen molar-refractivity contribution >= 4 is 6.34 Å². The van der Waals surface area contributed by atoms with Crippen LogP contribution in [0, 0.1) is 0 Å². The summed E-state index contributed by atoms with van der Waals surface area (Å²) in [6.07, 6.45) is -3.37. The van der Waals surface area contributed by atoms with E-state index in [4.69, 9.17) is 4.74 Å². The number of halogens is 6. The maximum Gasteiger partial charge on any atom is 0.430 e. The van der Waals surface area contributed by atoms with Crippen LogP contribution in [0.25, 0.3) is 0 Å². The molecule has 1 N–H and O–H groups in total. The molecule has 0 saturated carbocycles. The Kier molecular flexibility index (Phi) is 11.0. The summed E-state index contributed by atoms with van der Waals surface area (Å²) in [5, 5.41) is 9.96. The van der Waals surface area contributed by atoms with E-state index in [2.05, 4.69) is 36.7 Å². The number of hydrogen-bond donors (Lipinski definition) is 1. The van der Waals surface area contributed by atoms with Crippen molar-refractivity contribution in [1.82, 2.24) is 4.90 Å². The Morgan fingerprint density at radius 3 is 1.84 bits per heavy atom. The first-order valence-corrected chi connectivity index (χ1v) is 13.5. The molecule has 0 aromatic heterocycles. The number of unbranched alkanes of at least 4 members (excludes halogenated alkanes) is 4. The van der Waals surface area contributed by atoms with Gasteiger partial charge in [-0.05, 0) is 69.2 Å². The van der Waals surface area contributed by atoms with Crippen molar-refractivity contribution in [3.8, 4) is 5.75 Å². The Bertz CT molecular complexity index is 899. The first kappa shape index (κ1) is 32.2. The van der Waals surface area contributed by atoms with Gasteiger partial charge in [0.05, 0.1) is 20.2 Å². The summed E-state index contributed by atoms with van der Waals surface area (Å²) in [5.41, 5.74) is -5.49. The van der Waals surface area contributed by atoms with Crippen LogP contribution in [0.15, 0.2) is 12.1 Å². The van der Waals surface area contributed by atoms with Crippen LogP contribution in [0.5, 0.6) is 5.75 Å². The average Bonchev–Trinajstić information content (AvgIpc) is 3.06. The number of aryl methyl sites for hydroxylation is 2. The van der Waals surface area contributed by atoms with Gasteiger partial charge in [0.25, 0.3) is 5.60 Å².